The monoisotopic (exact) mass is 287 g/mol. The molecule has 0 aliphatic carbocycles. The molecule has 0 saturated carbocycles. The predicted molar refractivity (Wildman–Crippen MR) is 77.9 cm³/mol. The fraction of sp³-hybridized carbons (Fsp3) is 0.615. The molecular weight excluding hydrogens is 266 g/mol. The molecule has 1 heterocycles. The van der Waals surface area contributed by atoms with E-state index in [2.05, 4.69) is 38.8 Å². The summed E-state index contributed by atoms with van der Waals surface area (Å²) in [5, 5.41) is 0.615. The third-order valence-corrected chi connectivity index (χ3v) is 8.16. The Morgan fingerprint density at radius 3 is 2.50 bits per heavy atom. The van der Waals surface area contributed by atoms with Crippen LogP contribution in [0.2, 0.25) is 23.3 Å². The van der Waals surface area contributed by atoms with Crippen molar-refractivity contribution in [2.75, 3.05) is 13.2 Å². The summed E-state index contributed by atoms with van der Waals surface area (Å²) in [5.74, 6) is 0.609. The Morgan fingerprint density at radius 1 is 1.28 bits per heavy atom. The van der Waals surface area contributed by atoms with Crippen LogP contribution in [0.1, 0.15) is 20.8 Å². The molecule has 102 valence electrons. The van der Waals surface area contributed by atoms with Gasteiger partial charge in [-0.15, -0.1) is 0 Å². The van der Waals surface area contributed by atoms with E-state index in [1.807, 2.05) is 6.07 Å². The molecule has 1 aromatic heterocycles. The lowest BCUT2D eigenvalue weighted by Gasteiger charge is -2.36. The molecule has 0 amide bonds. The first kappa shape index (κ1) is 15.5. The van der Waals surface area contributed by atoms with Gasteiger partial charge in [0.15, 0.2) is 19.2 Å². The number of aromatic nitrogens is 1. The van der Waals surface area contributed by atoms with Crippen molar-refractivity contribution in [3.63, 3.8) is 0 Å². The van der Waals surface area contributed by atoms with Gasteiger partial charge in [-0.1, -0.05) is 32.4 Å². The van der Waals surface area contributed by atoms with Crippen LogP contribution < -0.4 is 4.74 Å². The SMILES string of the molecule is CC(C)(C)[Si](C)(C)OCCOc1cccnc1Cl. The minimum Gasteiger partial charge on any atom is -0.488 e. The zero-order valence-electron chi connectivity index (χ0n) is 11.8. The molecule has 1 rings (SSSR count). The van der Waals surface area contributed by atoms with E-state index in [0.717, 1.165) is 0 Å². The normalized spacial score (nSPS) is 12.6. The topological polar surface area (TPSA) is 31.4 Å². The van der Waals surface area contributed by atoms with Crippen LogP contribution >= 0.6 is 11.6 Å². The van der Waals surface area contributed by atoms with Crippen molar-refractivity contribution in [1.82, 2.24) is 4.98 Å². The van der Waals surface area contributed by atoms with E-state index < -0.39 is 8.32 Å². The van der Waals surface area contributed by atoms with Crippen molar-refractivity contribution in [1.29, 1.82) is 0 Å². The first-order chi connectivity index (χ1) is 8.24. The molecule has 0 aliphatic heterocycles. The van der Waals surface area contributed by atoms with Crippen molar-refractivity contribution >= 4 is 19.9 Å². The predicted octanol–water partition coefficient (Wildman–Crippen LogP) is 4.14. The fourth-order valence-electron chi connectivity index (χ4n) is 1.14. The zero-order chi connectivity index (χ0) is 13.8. The number of halogens is 1. The second-order valence-corrected chi connectivity index (χ2v) is 10.9. The van der Waals surface area contributed by atoms with E-state index in [9.17, 15) is 0 Å². The van der Waals surface area contributed by atoms with Gasteiger partial charge in [-0.3, -0.25) is 0 Å². The van der Waals surface area contributed by atoms with Crippen molar-refractivity contribution < 1.29 is 9.16 Å². The van der Waals surface area contributed by atoms with Crippen molar-refractivity contribution in [3.8, 4) is 5.75 Å². The fourth-order valence-corrected chi connectivity index (χ4v) is 2.34. The highest BCUT2D eigenvalue weighted by Gasteiger charge is 2.36. The molecule has 18 heavy (non-hydrogen) atoms. The lowest BCUT2D eigenvalue weighted by molar-refractivity contribution is 0.203. The molecule has 0 unspecified atom stereocenters. The molecule has 0 atom stereocenters. The van der Waals surface area contributed by atoms with Gasteiger partial charge in [-0.2, -0.15) is 0 Å². The highest BCUT2D eigenvalue weighted by Crippen LogP contribution is 2.36. The summed E-state index contributed by atoms with van der Waals surface area (Å²) < 4.78 is 11.6. The van der Waals surface area contributed by atoms with Gasteiger partial charge in [0.25, 0.3) is 0 Å². The molecule has 0 radical (unpaired) electrons. The van der Waals surface area contributed by atoms with Crippen LogP contribution in [-0.2, 0) is 4.43 Å². The second kappa shape index (κ2) is 6.04. The summed E-state index contributed by atoms with van der Waals surface area (Å²) in [5.41, 5.74) is 0. The first-order valence-corrected chi connectivity index (χ1v) is 9.40. The molecule has 0 fully saturated rings. The van der Waals surface area contributed by atoms with E-state index in [-0.39, 0.29) is 5.04 Å². The molecule has 0 aliphatic rings. The molecule has 0 aromatic carbocycles. The number of ether oxygens (including phenoxy) is 1. The van der Waals surface area contributed by atoms with Gasteiger partial charge < -0.3 is 9.16 Å². The molecule has 0 saturated heterocycles. The van der Waals surface area contributed by atoms with Gasteiger partial charge in [-0.25, -0.2) is 4.98 Å². The maximum absolute atomic E-state index is 6.01. The largest absolute Gasteiger partial charge is 0.488 e. The highest BCUT2D eigenvalue weighted by atomic mass is 35.5. The van der Waals surface area contributed by atoms with Gasteiger partial charge in [0.2, 0.25) is 0 Å². The van der Waals surface area contributed by atoms with Crippen LogP contribution in [0.5, 0.6) is 5.75 Å². The third kappa shape index (κ3) is 4.26. The third-order valence-electron chi connectivity index (χ3n) is 3.33. The van der Waals surface area contributed by atoms with Crippen molar-refractivity contribution in [3.05, 3.63) is 23.5 Å². The Balaban J connectivity index is 2.38. The van der Waals surface area contributed by atoms with Crippen LogP contribution in [0.25, 0.3) is 0 Å². The molecular formula is C13H22ClNO2Si. The van der Waals surface area contributed by atoms with Gasteiger partial charge in [0.1, 0.15) is 6.61 Å². The first-order valence-electron chi connectivity index (χ1n) is 6.11. The van der Waals surface area contributed by atoms with Gasteiger partial charge in [-0.05, 0) is 30.3 Å². The summed E-state index contributed by atoms with van der Waals surface area (Å²) in [4.78, 5) is 3.95. The van der Waals surface area contributed by atoms with Crippen LogP contribution in [0.3, 0.4) is 0 Å². The van der Waals surface area contributed by atoms with E-state index >= 15 is 0 Å². The number of pyridine rings is 1. The van der Waals surface area contributed by atoms with Crippen LogP contribution in [-0.4, -0.2) is 26.5 Å². The number of rotatable bonds is 5. The van der Waals surface area contributed by atoms with Crippen LogP contribution in [0.4, 0.5) is 0 Å². The Bertz CT molecular complexity index is 391. The van der Waals surface area contributed by atoms with Crippen LogP contribution in [0.15, 0.2) is 18.3 Å². The maximum Gasteiger partial charge on any atom is 0.192 e. The minimum absolute atomic E-state index is 0.221. The van der Waals surface area contributed by atoms with Gasteiger partial charge in [0, 0.05) is 6.20 Å². The summed E-state index contributed by atoms with van der Waals surface area (Å²) in [6.07, 6.45) is 1.64. The summed E-state index contributed by atoms with van der Waals surface area (Å²) in [7, 11) is -1.69. The standard InChI is InChI=1S/C13H22ClNO2Si/c1-13(2,3)18(4,5)17-10-9-16-11-7-6-8-15-12(11)14/h6-8H,9-10H2,1-5H3. The van der Waals surface area contributed by atoms with E-state index in [4.69, 9.17) is 20.8 Å². The van der Waals surface area contributed by atoms with E-state index in [1.165, 1.54) is 0 Å². The number of hydrogen-bond donors (Lipinski definition) is 0. The molecule has 0 bridgehead atoms. The Kier molecular flexibility index (Phi) is 5.19. The minimum atomic E-state index is -1.69. The van der Waals surface area contributed by atoms with Crippen LogP contribution in [0, 0.1) is 0 Å². The van der Waals surface area contributed by atoms with Crippen molar-refractivity contribution in [2.24, 2.45) is 0 Å². The quantitative estimate of drug-likeness (QED) is 0.463. The van der Waals surface area contributed by atoms with Gasteiger partial charge >= 0.3 is 0 Å². The van der Waals surface area contributed by atoms with Gasteiger partial charge in [0.05, 0.1) is 6.61 Å². The average molecular weight is 288 g/mol. The summed E-state index contributed by atoms with van der Waals surface area (Å²) >= 11 is 5.90. The molecule has 1 aromatic rings. The number of nitrogens with zero attached hydrogens (tertiary/aromatic N) is 1. The lowest BCUT2D eigenvalue weighted by Crippen LogP contribution is -2.41. The van der Waals surface area contributed by atoms with E-state index in [1.54, 1.807) is 12.3 Å². The lowest BCUT2D eigenvalue weighted by atomic mass is 10.2. The molecule has 5 heteroatoms. The molecule has 0 N–H and O–H groups in total. The highest BCUT2D eigenvalue weighted by molar-refractivity contribution is 6.74. The van der Waals surface area contributed by atoms with Crippen molar-refractivity contribution in [2.45, 2.75) is 38.9 Å². The maximum atomic E-state index is 6.01. The smallest absolute Gasteiger partial charge is 0.192 e. The average Bonchev–Trinajstić information content (AvgIpc) is 2.25. The second-order valence-electron chi connectivity index (χ2n) is 5.75. The summed E-state index contributed by atoms with van der Waals surface area (Å²) in [6.45, 7) is 12.2. The Hall–Kier alpha value is -0.583. The molecule has 0 spiro atoms. The Labute approximate surface area is 116 Å². The van der Waals surface area contributed by atoms with E-state index in [0.29, 0.717) is 24.1 Å². The zero-order valence-corrected chi connectivity index (χ0v) is 13.5. The Morgan fingerprint density at radius 2 is 1.94 bits per heavy atom. The number of hydrogen-bond acceptors (Lipinski definition) is 3. The molecule has 3 nitrogen and oxygen atoms in total. The summed E-state index contributed by atoms with van der Waals surface area (Å²) in [6, 6.07) is 3.61.